The van der Waals surface area contributed by atoms with Crippen LogP contribution in [0.5, 0.6) is 0 Å². The highest BCUT2D eigenvalue weighted by Crippen LogP contribution is 2.28. The molecule has 0 aliphatic heterocycles. The van der Waals surface area contributed by atoms with Gasteiger partial charge in [-0.05, 0) is 23.5 Å². The van der Waals surface area contributed by atoms with Crippen LogP contribution in [-0.4, -0.2) is 19.8 Å². The molecular formula is C14H15N5OS. The summed E-state index contributed by atoms with van der Waals surface area (Å²) in [5.74, 6) is 0.835. The predicted octanol–water partition coefficient (Wildman–Crippen LogP) is 2.59. The van der Waals surface area contributed by atoms with Gasteiger partial charge >= 0.3 is 0 Å². The molecule has 3 rings (SSSR count). The number of aryl methyl sites for hydroxylation is 1. The third kappa shape index (κ3) is 2.84. The van der Waals surface area contributed by atoms with Crippen molar-refractivity contribution in [2.75, 3.05) is 0 Å². The highest BCUT2D eigenvalue weighted by Gasteiger charge is 2.20. The molecule has 1 unspecified atom stereocenters. The van der Waals surface area contributed by atoms with Crippen LogP contribution in [0.1, 0.15) is 36.5 Å². The van der Waals surface area contributed by atoms with Crippen LogP contribution in [-0.2, 0) is 6.42 Å². The second kappa shape index (κ2) is 6.11. The first-order valence-corrected chi connectivity index (χ1v) is 7.52. The summed E-state index contributed by atoms with van der Waals surface area (Å²) in [6.45, 7) is 2.09. The summed E-state index contributed by atoms with van der Waals surface area (Å²) in [5.41, 5.74) is 7.98. The number of hydrogen-bond acceptors (Lipinski definition) is 7. The zero-order valence-corrected chi connectivity index (χ0v) is 12.4. The summed E-state index contributed by atoms with van der Waals surface area (Å²) in [6, 6.07) is 9.24. The van der Waals surface area contributed by atoms with E-state index < -0.39 is 6.04 Å². The fraction of sp³-hybridized carbons (Fsp3) is 0.286. The molecule has 21 heavy (non-hydrogen) atoms. The van der Waals surface area contributed by atoms with Crippen LogP contribution in [0.15, 0.2) is 34.7 Å². The standard InChI is InChI=1S/C14H15N5OS/c1-2-6-10-12(21-19-16-10)14-18-17-13(20-14)11(15)9-7-4-3-5-8-9/h3-5,7-8,11H,2,6,15H2,1H3. The van der Waals surface area contributed by atoms with Gasteiger partial charge in [-0.25, -0.2) is 0 Å². The quantitative estimate of drug-likeness (QED) is 0.779. The third-order valence-corrected chi connectivity index (χ3v) is 3.86. The van der Waals surface area contributed by atoms with Gasteiger partial charge in [-0.15, -0.1) is 15.3 Å². The van der Waals surface area contributed by atoms with Crippen LogP contribution in [0.3, 0.4) is 0 Å². The maximum absolute atomic E-state index is 6.16. The van der Waals surface area contributed by atoms with Crippen molar-refractivity contribution in [3.05, 3.63) is 47.5 Å². The summed E-state index contributed by atoms with van der Waals surface area (Å²) in [4.78, 5) is 0.830. The van der Waals surface area contributed by atoms with Gasteiger partial charge in [0, 0.05) is 0 Å². The van der Waals surface area contributed by atoms with Crippen molar-refractivity contribution in [1.82, 2.24) is 19.8 Å². The average molecular weight is 301 g/mol. The molecule has 2 N–H and O–H groups in total. The Bertz CT molecular complexity index is 709. The second-order valence-electron chi connectivity index (χ2n) is 4.63. The van der Waals surface area contributed by atoms with Crippen LogP contribution in [0.2, 0.25) is 0 Å². The molecule has 0 radical (unpaired) electrons. The predicted molar refractivity (Wildman–Crippen MR) is 79.7 cm³/mol. The molecule has 1 atom stereocenters. The maximum Gasteiger partial charge on any atom is 0.261 e. The topological polar surface area (TPSA) is 90.7 Å². The molecule has 2 aromatic heterocycles. The molecule has 7 heteroatoms. The van der Waals surface area contributed by atoms with Gasteiger partial charge in [0.05, 0.1) is 5.69 Å². The molecule has 0 fully saturated rings. The number of aromatic nitrogens is 4. The molecule has 0 aliphatic carbocycles. The molecule has 0 saturated carbocycles. The van der Waals surface area contributed by atoms with Gasteiger partial charge in [0.15, 0.2) is 0 Å². The van der Waals surface area contributed by atoms with Crippen LogP contribution >= 0.6 is 11.5 Å². The van der Waals surface area contributed by atoms with Crippen LogP contribution in [0, 0.1) is 0 Å². The van der Waals surface area contributed by atoms with Crippen molar-refractivity contribution in [2.24, 2.45) is 5.73 Å². The summed E-state index contributed by atoms with van der Waals surface area (Å²) < 4.78 is 9.68. The van der Waals surface area contributed by atoms with Gasteiger partial charge < -0.3 is 10.2 Å². The van der Waals surface area contributed by atoms with E-state index in [4.69, 9.17) is 10.2 Å². The highest BCUT2D eigenvalue weighted by molar-refractivity contribution is 7.09. The van der Waals surface area contributed by atoms with Gasteiger partial charge in [0.1, 0.15) is 10.9 Å². The molecule has 3 aromatic rings. The van der Waals surface area contributed by atoms with Crippen LogP contribution in [0.4, 0.5) is 0 Å². The minimum atomic E-state index is -0.428. The fourth-order valence-electron chi connectivity index (χ4n) is 2.03. The number of nitrogens with zero attached hydrogens (tertiary/aromatic N) is 4. The smallest absolute Gasteiger partial charge is 0.261 e. The van der Waals surface area contributed by atoms with E-state index in [0.717, 1.165) is 29.0 Å². The van der Waals surface area contributed by atoms with Gasteiger partial charge in [-0.1, -0.05) is 48.2 Å². The summed E-state index contributed by atoms with van der Waals surface area (Å²) in [7, 11) is 0. The van der Waals surface area contributed by atoms with E-state index in [1.165, 1.54) is 11.5 Å². The average Bonchev–Trinajstić information content (AvgIpc) is 3.16. The minimum absolute atomic E-state index is 0.395. The van der Waals surface area contributed by atoms with Crippen molar-refractivity contribution in [3.8, 4) is 10.8 Å². The zero-order chi connectivity index (χ0) is 14.7. The lowest BCUT2D eigenvalue weighted by atomic mass is 10.1. The molecule has 2 heterocycles. The first-order valence-electron chi connectivity index (χ1n) is 6.75. The molecule has 0 amide bonds. The summed E-state index contributed by atoms with van der Waals surface area (Å²) in [5, 5.41) is 12.2. The largest absolute Gasteiger partial charge is 0.418 e. The number of benzene rings is 1. The van der Waals surface area contributed by atoms with Crippen LogP contribution in [0.25, 0.3) is 10.8 Å². The Hall–Kier alpha value is -2.12. The highest BCUT2D eigenvalue weighted by atomic mass is 32.1. The lowest BCUT2D eigenvalue weighted by molar-refractivity contribution is 0.484. The SMILES string of the molecule is CCCc1nnsc1-c1nnc(C(N)c2ccccc2)o1. The van der Waals surface area contributed by atoms with Crippen molar-refractivity contribution >= 4 is 11.5 Å². The van der Waals surface area contributed by atoms with E-state index in [9.17, 15) is 0 Å². The Morgan fingerprint density at radius 3 is 2.76 bits per heavy atom. The van der Waals surface area contributed by atoms with Crippen molar-refractivity contribution in [3.63, 3.8) is 0 Å². The van der Waals surface area contributed by atoms with E-state index in [2.05, 4.69) is 26.7 Å². The molecular weight excluding hydrogens is 286 g/mol. The first-order chi connectivity index (χ1) is 10.3. The summed E-state index contributed by atoms with van der Waals surface area (Å²) in [6.07, 6.45) is 1.83. The van der Waals surface area contributed by atoms with Gasteiger partial charge in [-0.3, -0.25) is 0 Å². The Morgan fingerprint density at radius 2 is 2.00 bits per heavy atom. The minimum Gasteiger partial charge on any atom is -0.418 e. The molecule has 0 bridgehead atoms. The fourth-order valence-corrected chi connectivity index (χ4v) is 2.66. The van der Waals surface area contributed by atoms with Crippen LogP contribution < -0.4 is 5.73 Å². The van der Waals surface area contributed by atoms with E-state index in [-0.39, 0.29) is 0 Å². The van der Waals surface area contributed by atoms with E-state index in [0.29, 0.717) is 11.8 Å². The number of rotatable bonds is 5. The van der Waals surface area contributed by atoms with E-state index >= 15 is 0 Å². The van der Waals surface area contributed by atoms with Crippen molar-refractivity contribution in [1.29, 1.82) is 0 Å². The normalized spacial score (nSPS) is 12.5. The molecule has 0 saturated heterocycles. The Labute approximate surface area is 126 Å². The Kier molecular flexibility index (Phi) is 4.03. The van der Waals surface area contributed by atoms with Gasteiger partial charge in [0.25, 0.3) is 5.89 Å². The lowest BCUT2D eigenvalue weighted by Crippen LogP contribution is -2.11. The zero-order valence-electron chi connectivity index (χ0n) is 11.6. The van der Waals surface area contributed by atoms with Gasteiger partial charge in [0.2, 0.25) is 5.89 Å². The third-order valence-electron chi connectivity index (χ3n) is 3.10. The molecule has 1 aromatic carbocycles. The first kappa shape index (κ1) is 13.8. The molecule has 0 aliphatic rings. The maximum atomic E-state index is 6.16. The Morgan fingerprint density at radius 1 is 1.19 bits per heavy atom. The van der Waals surface area contributed by atoms with Crippen molar-refractivity contribution < 1.29 is 4.42 Å². The molecule has 108 valence electrons. The van der Waals surface area contributed by atoms with Crippen molar-refractivity contribution in [2.45, 2.75) is 25.8 Å². The van der Waals surface area contributed by atoms with Gasteiger partial charge in [-0.2, -0.15) is 0 Å². The van der Waals surface area contributed by atoms with E-state index in [1.54, 1.807) is 0 Å². The lowest BCUT2D eigenvalue weighted by Gasteiger charge is -2.06. The number of nitrogens with two attached hydrogens (primary N) is 1. The second-order valence-corrected chi connectivity index (χ2v) is 5.39. The Balaban J connectivity index is 1.88. The monoisotopic (exact) mass is 301 g/mol. The van der Waals surface area contributed by atoms with E-state index in [1.807, 2.05) is 30.3 Å². The molecule has 6 nitrogen and oxygen atoms in total. The molecule has 0 spiro atoms. The number of hydrogen-bond donors (Lipinski definition) is 1. The summed E-state index contributed by atoms with van der Waals surface area (Å²) >= 11 is 1.27.